The van der Waals surface area contributed by atoms with Crippen molar-refractivity contribution in [1.29, 1.82) is 0 Å². The van der Waals surface area contributed by atoms with Crippen molar-refractivity contribution in [3.63, 3.8) is 0 Å². The van der Waals surface area contributed by atoms with Crippen LogP contribution in [0.25, 0.3) is 0 Å². The van der Waals surface area contributed by atoms with Crippen molar-refractivity contribution in [2.24, 2.45) is 16.3 Å². The molecule has 4 nitrogen and oxygen atoms in total. The number of aliphatic imine (C=N–C) groups is 1. The lowest BCUT2D eigenvalue weighted by Crippen LogP contribution is -2.72. The molecule has 1 aliphatic carbocycles. The van der Waals surface area contributed by atoms with Gasteiger partial charge in [-0.1, -0.05) is 13.8 Å². The van der Waals surface area contributed by atoms with Crippen LogP contribution in [-0.4, -0.2) is 61.1 Å². The largest absolute Gasteiger partial charge is 0.356 e. The Morgan fingerprint density at radius 3 is 2.29 bits per heavy atom. The minimum atomic E-state index is 0.168. The molecule has 21 heavy (non-hydrogen) atoms. The van der Waals surface area contributed by atoms with Crippen LogP contribution in [-0.2, 0) is 0 Å². The van der Waals surface area contributed by atoms with E-state index < -0.39 is 0 Å². The first-order valence-corrected chi connectivity index (χ1v) is 8.43. The molecule has 0 spiro atoms. The van der Waals surface area contributed by atoms with Gasteiger partial charge in [0.05, 0.1) is 6.54 Å². The predicted molar refractivity (Wildman–Crippen MR) is 90.7 cm³/mol. The number of guanidine groups is 1. The third-order valence-corrected chi connectivity index (χ3v) is 5.73. The molecule has 0 aromatic heterocycles. The van der Waals surface area contributed by atoms with Gasteiger partial charge in [0.1, 0.15) is 0 Å². The molecular weight excluding hydrogens is 260 g/mol. The number of hydrogen-bond acceptors (Lipinski definition) is 2. The molecule has 2 rings (SSSR count). The van der Waals surface area contributed by atoms with Crippen molar-refractivity contribution in [2.75, 3.05) is 33.7 Å². The molecule has 2 fully saturated rings. The SMILES string of the molecule is CCNC(=NCC(C1CC1)N(C)C)N1CC(C)(C)C1(C)C. The van der Waals surface area contributed by atoms with Crippen molar-refractivity contribution in [1.82, 2.24) is 15.1 Å². The first-order chi connectivity index (χ1) is 9.70. The third-order valence-electron chi connectivity index (χ3n) is 5.73. The van der Waals surface area contributed by atoms with Crippen LogP contribution in [0.15, 0.2) is 4.99 Å². The number of likely N-dealkylation sites (tertiary alicyclic amines) is 1. The molecule has 0 aromatic rings. The Morgan fingerprint density at radius 2 is 1.90 bits per heavy atom. The maximum Gasteiger partial charge on any atom is 0.194 e. The molecule has 0 aromatic carbocycles. The molecule has 0 radical (unpaired) electrons. The average molecular weight is 294 g/mol. The number of nitrogens with zero attached hydrogens (tertiary/aromatic N) is 3. The number of hydrogen-bond donors (Lipinski definition) is 1. The molecule has 1 atom stereocenters. The zero-order valence-electron chi connectivity index (χ0n) is 15.0. The molecule has 4 heteroatoms. The van der Waals surface area contributed by atoms with Gasteiger partial charge in [0.2, 0.25) is 0 Å². The van der Waals surface area contributed by atoms with Gasteiger partial charge in [0.15, 0.2) is 5.96 Å². The average Bonchev–Trinajstić information content (AvgIpc) is 3.19. The van der Waals surface area contributed by atoms with Gasteiger partial charge in [-0.3, -0.25) is 4.99 Å². The van der Waals surface area contributed by atoms with E-state index in [2.05, 4.69) is 63.8 Å². The van der Waals surface area contributed by atoms with Gasteiger partial charge in [0, 0.05) is 30.1 Å². The zero-order valence-corrected chi connectivity index (χ0v) is 15.0. The first kappa shape index (κ1) is 16.6. The smallest absolute Gasteiger partial charge is 0.194 e. The van der Waals surface area contributed by atoms with Gasteiger partial charge in [-0.2, -0.15) is 0 Å². The highest BCUT2D eigenvalue weighted by Crippen LogP contribution is 2.46. The Bertz CT molecular complexity index is 392. The lowest BCUT2D eigenvalue weighted by atomic mass is 9.65. The monoisotopic (exact) mass is 294 g/mol. The van der Waals surface area contributed by atoms with Gasteiger partial charge in [-0.15, -0.1) is 0 Å². The molecule has 1 saturated carbocycles. The maximum absolute atomic E-state index is 4.97. The summed E-state index contributed by atoms with van der Waals surface area (Å²) < 4.78 is 0. The molecule has 122 valence electrons. The van der Waals surface area contributed by atoms with E-state index in [1.54, 1.807) is 0 Å². The number of likely N-dealkylation sites (N-methyl/N-ethyl adjacent to an activating group) is 1. The summed E-state index contributed by atoms with van der Waals surface area (Å²) in [6.07, 6.45) is 2.74. The fourth-order valence-corrected chi connectivity index (χ4v) is 3.19. The van der Waals surface area contributed by atoms with E-state index in [4.69, 9.17) is 4.99 Å². The van der Waals surface area contributed by atoms with Gasteiger partial charge >= 0.3 is 0 Å². The Hall–Kier alpha value is -0.770. The van der Waals surface area contributed by atoms with E-state index in [0.717, 1.165) is 31.5 Å². The van der Waals surface area contributed by atoms with Gasteiger partial charge < -0.3 is 15.1 Å². The molecule has 0 amide bonds. The van der Waals surface area contributed by atoms with E-state index in [1.165, 1.54) is 12.8 Å². The molecule has 1 heterocycles. The quantitative estimate of drug-likeness (QED) is 0.624. The summed E-state index contributed by atoms with van der Waals surface area (Å²) in [5, 5.41) is 3.49. The maximum atomic E-state index is 4.97. The highest BCUT2D eigenvalue weighted by atomic mass is 15.4. The summed E-state index contributed by atoms with van der Waals surface area (Å²) >= 11 is 0. The summed E-state index contributed by atoms with van der Waals surface area (Å²) in [6.45, 7) is 14.4. The first-order valence-electron chi connectivity index (χ1n) is 8.43. The van der Waals surface area contributed by atoms with Crippen LogP contribution in [0.1, 0.15) is 47.5 Å². The lowest BCUT2D eigenvalue weighted by Gasteiger charge is -2.62. The van der Waals surface area contributed by atoms with Crippen molar-refractivity contribution in [2.45, 2.75) is 59.0 Å². The van der Waals surface area contributed by atoms with Gasteiger partial charge in [0.25, 0.3) is 0 Å². The molecule has 0 bridgehead atoms. The van der Waals surface area contributed by atoms with Crippen molar-refractivity contribution in [3.05, 3.63) is 0 Å². The van der Waals surface area contributed by atoms with Crippen LogP contribution in [0.5, 0.6) is 0 Å². The zero-order chi connectivity index (χ0) is 15.8. The van der Waals surface area contributed by atoms with Crippen LogP contribution >= 0.6 is 0 Å². The standard InChI is InChI=1S/C17H34N4/c1-8-18-15(21-12-16(2,3)17(21,4)5)19-11-14(20(6)7)13-9-10-13/h13-14H,8-12H2,1-7H3,(H,18,19). The summed E-state index contributed by atoms with van der Waals surface area (Å²) in [5.41, 5.74) is 0.516. The summed E-state index contributed by atoms with van der Waals surface area (Å²) in [6, 6.07) is 0.594. The van der Waals surface area contributed by atoms with E-state index in [9.17, 15) is 0 Å². The Labute approximate surface area is 131 Å². The highest BCUT2D eigenvalue weighted by Gasteiger charge is 2.53. The molecule has 1 aliphatic heterocycles. The summed E-state index contributed by atoms with van der Waals surface area (Å²) in [5.74, 6) is 1.95. The molecule has 1 unspecified atom stereocenters. The summed E-state index contributed by atoms with van der Waals surface area (Å²) in [7, 11) is 4.37. The second kappa shape index (κ2) is 5.79. The van der Waals surface area contributed by atoms with E-state index in [0.29, 0.717) is 11.5 Å². The lowest BCUT2D eigenvalue weighted by molar-refractivity contribution is -0.0668. The van der Waals surface area contributed by atoms with Crippen LogP contribution in [0.4, 0.5) is 0 Å². The van der Waals surface area contributed by atoms with Gasteiger partial charge in [-0.05, 0) is 53.6 Å². The second-order valence-electron chi connectivity index (χ2n) is 8.09. The Kier molecular flexibility index (Phi) is 4.57. The van der Waals surface area contributed by atoms with Crippen LogP contribution < -0.4 is 5.32 Å². The Balaban J connectivity index is 2.06. The number of nitrogens with one attached hydrogen (secondary N) is 1. The molecular formula is C17H34N4. The van der Waals surface area contributed by atoms with Crippen molar-refractivity contribution in [3.8, 4) is 0 Å². The molecule has 1 saturated heterocycles. The van der Waals surface area contributed by atoms with E-state index in [1.807, 2.05) is 0 Å². The minimum absolute atomic E-state index is 0.168. The summed E-state index contributed by atoms with van der Waals surface area (Å²) in [4.78, 5) is 9.75. The topological polar surface area (TPSA) is 30.9 Å². The fraction of sp³-hybridized carbons (Fsp3) is 0.941. The van der Waals surface area contributed by atoms with E-state index >= 15 is 0 Å². The van der Waals surface area contributed by atoms with Crippen molar-refractivity contribution >= 4 is 5.96 Å². The highest BCUT2D eigenvalue weighted by molar-refractivity contribution is 5.82. The Morgan fingerprint density at radius 1 is 1.29 bits per heavy atom. The van der Waals surface area contributed by atoms with Gasteiger partial charge in [-0.25, -0.2) is 0 Å². The molecule has 1 N–H and O–H groups in total. The third kappa shape index (κ3) is 3.20. The second-order valence-corrected chi connectivity index (χ2v) is 8.09. The predicted octanol–water partition coefficient (Wildman–Crippen LogP) is 2.41. The normalized spacial score (nSPS) is 25.7. The van der Waals surface area contributed by atoms with Crippen molar-refractivity contribution < 1.29 is 0 Å². The van der Waals surface area contributed by atoms with E-state index in [-0.39, 0.29) is 5.54 Å². The number of rotatable bonds is 5. The van der Waals surface area contributed by atoms with Crippen LogP contribution in [0.3, 0.4) is 0 Å². The van der Waals surface area contributed by atoms with Crippen LogP contribution in [0, 0.1) is 11.3 Å². The fourth-order valence-electron chi connectivity index (χ4n) is 3.19. The van der Waals surface area contributed by atoms with Crippen LogP contribution in [0.2, 0.25) is 0 Å². The molecule has 2 aliphatic rings. The minimum Gasteiger partial charge on any atom is -0.356 e.